The third-order valence-corrected chi connectivity index (χ3v) is 9.00. The summed E-state index contributed by atoms with van der Waals surface area (Å²) in [6.07, 6.45) is -26.2. The average Bonchev–Trinajstić information content (AvgIpc) is 2.33. The van der Waals surface area contributed by atoms with Crippen LogP contribution in [0.4, 0.5) is 52.7 Å². The van der Waals surface area contributed by atoms with Crippen LogP contribution in [0, 0.1) is 0 Å². The summed E-state index contributed by atoms with van der Waals surface area (Å²) in [5.41, 5.74) is 0. The van der Waals surface area contributed by atoms with Gasteiger partial charge < -0.3 is 0 Å². The predicted octanol–water partition coefficient (Wildman–Crippen LogP) is 7.24. The third-order valence-electron chi connectivity index (χ3n) is 3.76. The van der Waals surface area contributed by atoms with Crippen molar-refractivity contribution in [2.45, 2.75) is 74.6 Å². The standard InChI is InChI=1S/C12H16F12Si/c13-9(14,15)1-5-25(6-2-10(16,17)18,7-3-11(19,20)21)8-4-12(22,23)24/h1-8H2. The minimum atomic E-state index is -4.87. The summed E-state index contributed by atoms with van der Waals surface area (Å²) in [4.78, 5) is 0. The van der Waals surface area contributed by atoms with Crippen molar-refractivity contribution < 1.29 is 52.7 Å². The summed E-state index contributed by atoms with van der Waals surface area (Å²) in [6.45, 7) is 0. The van der Waals surface area contributed by atoms with Crippen LogP contribution in [0.5, 0.6) is 0 Å². The van der Waals surface area contributed by atoms with E-state index < -0.39 is 82.6 Å². The lowest BCUT2D eigenvalue weighted by molar-refractivity contribution is -0.133. The van der Waals surface area contributed by atoms with Crippen LogP contribution in [-0.4, -0.2) is 32.8 Å². The summed E-state index contributed by atoms with van der Waals surface area (Å²) < 4.78 is 148. The van der Waals surface area contributed by atoms with Crippen molar-refractivity contribution in [3.63, 3.8) is 0 Å². The lowest BCUT2D eigenvalue weighted by atomic mass is 10.4. The fourth-order valence-corrected chi connectivity index (χ4v) is 7.13. The molecule has 0 N–H and O–H groups in total. The monoisotopic (exact) mass is 416 g/mol. The Labute approximate surface area is 136 Å². The number of halogens is 12. The van der Waals surface area contributed by atoms with Gasteiger partial charge in [-0.15, -0.1) is 0 Å². The van der Waals surface area contributed by atoms with E-state index in [0.29, 0.717) is 0 Å². The van der Waals surface area contributed by atoms with Gasteiger partial charge in [-0.1, -0.05) is 0 Å². The van der Waals surface area contributed by atoms with Crippen LogP contribution in [0.1, 0.15) is 25.7 Å². The van der Waals surface area contributed by atoms with Crippen LogP contribution in [0.2, 0.25) is 24.2 Å². The van der Waals surface area contributed by atoms with E-state index >= 15 is 0 Å². The van der Waals surface area contributed by atoms with E-state index in [1.54, 1.807) is 0 Å². The van der Waals surface area contributed by atoms with Gasteiger partial charge in [0, 0.05) is 25.7 Å². The summed E-state index contributed by atoms with van der Waals surface area (Å²) in [7, 11) is -4.11. The van der Waals surface area contributed by atoms with Crippen molar-refractivity contribution in [2.24, 2.45) is 0 Å². The van der Waals surface area contributed by atoms with Gasteiger partial charge in [-0.3, -0.25) is 0 Å². The van der Waals surface area contributed by atoms with E-state index in [2.05, 4.69) is 0 Å². The van der Waals surface area contributed by atoms with Gasteiger partial charge >= 0.3 is 24.7 Å². The average molecular weight is 416 g/mol. The van der Waals surface area contributed by atoms with Crippen molar-refractivity contribution in [3.8, 4) is 0 Å². The van der Waals surface area contributed by atoms with Crippen LogP contribution in [0.25, 0.3) is 0 Å². The molecule has 0 aliphatic rings. The highest BCUT2D eigenvalue weighted by atomic mass is 28.3. The van der Waals surface area contributed by atoms with Gasteiger partial charge in [0.1, 0.15) is 0 Å². The second kappa shape index (κ2) is 8.38. The van der Waals surface area contributed by atoms with E-state index in [4.69, 9.17) is 0 Å². The second-order valence-electron chi connectivity index (χ2n) is 5.96. The highest BCUT2D eigenvalue weighted by molar-refractivity contribution is 6.79. The molecule has 13 heteroatoms. The zero-order valence-corrected chi connectivity index (χ0v) is 13.7. The van der Waals surface area contributed by atoms with Crippen molar-refractivity contribution >= 4 is 8.07 Å². The summed E-state index contributed by atoms with van der Waals surface area (Å²) in [5.74, 6) is 0. The van der Waals surface area contributed by atoms with Crippen LogP contribution in [0.3, 0.4) is 0 Å². The molecule has 0 unspecified atom stereocenters. The molecule has 0 radical (unpaired) electrons. The van der Waals surface area contributed by atoms with Crippen LogP contribution in [0.15, 0.2) is 0 Å². The fourth-order valence-electron chi connectivity index (χ4n) is 2.38. The Morgan fingerprint density at radius 2 is 0.520 bits per heavy atom. The van der Waals surface area contributed by atoms with Crippen LogP contribution in [-0.2, 0) is 0 Å². The summed E-state index contributed by atoms with van der Waals surface area (Å²) in [5, 5.41) is 0. The lowest BCUT2D eigenvalue weighted by Crippen LogP contribution is -2.39. The first kappa shape index (κ1) is 24.4. The molecule has 0 aromatic rings. The van der Waals surface area contributed by atoms with Crippen molar-refractivity contribution in [1.29, 1.82) is 0 Å². The molecule has 0 nitrogen and oxygen atoms in total. The number of rotatable bonds is 8. The molecule has 0 heterocycles. The third kappa shape index (κ3) is 14.3. The molecule has 0 aromatic carbocycles. The zero-order chi connectivity index (χ0) is 20.2. The Kier molecular flexibility index (Phi) is 8.17. The van der Waals surface area contributed by atoms with E-state index in [0.717, 1.165) is 0 Å². The molecule has 0 bridgehead atoms. The maximum Gasteiger partial charge on any atom is 0.388 e. The van der Waals surface area contributed by atoms with E-state index in [9.17, 15) is 52.7 Å². The predicted molar refractivity (Wildman–Crippen MR) is 67.7 cm³/mol. The highest BCUT2D eigenvalue weighted by Crippen LogP contribution is 2.42. The Bertz CT molecular complexity index is 311. The molecule has 0 saturated heterocycles. The quantitative estimate of drug-likeness (QED) is 0.289. The minimum Gasteiger partial charge on any atom is -0.171 e. The minimum absolute atomic E-state index is 1.08. The van der Waals surface area contributed by atoms with Gasteiger partial charge in [0.15, 0.2) is 0 Å². The Balaban J connectivity index is 5.41. The van der Waals surface area contributed by atoms with Gasteiger partial charge in [0.2, 0.25) is 0 Å². The molecule has 0 spiro atoms. The highest BCUT2D eigenvalue weighted by Gasteiger charge is 2.45. The SMILES string of the molecule is FC(F)(F)CC[Si](CCC(F)(F)F)(CCC(F)(F)F)CCC(F)(F)F. The van der Waals surface area contributed by atoms with E-state index in [-0.39, 0.29) is 0 Å². The van der Waals surface area contributed by atoms with Crippen LogP contribution < -0.4 is 0 Å². The summed E-state index contributed by atoms with van der Waals surface area (Å²) >= 11 is 0. The van der Waals surface area contributed by atoms with E-state index in [1.165, 1.54) is 0 Å². The first-order valence-corrected chi connectivity index (χ1v) is 9.92. The van der Waals surface area contributed by atoms with Crippen molar-refractivity contribution in [3.05, 3.63) is 0 Å². The topological polar surface area (TPSA) is 0 Å². The maximum absolute atomic E-state index is 12.4. The van der Waals surface area contributed by atoms with Gasteiger partial charge in [-0.2, -0.15) is 52.7 Å². The van der Waals surface area contributed by atoms with Crippen molar-refractivity contribution in [1.82, 2.24) is 0 Å². The zero-order valence-electron chi connectivity index (χ0n) is 12.7. The molecular formula is C12H16F12Si. The molecule has 0 aliphatic carbocycles. The number of alkyl halides is 12. The Hall–Kier alpha value is -0.623. The normalized spacial score (nSPS) is 14.9. The largest absolute Gasteiger partial charge is 0.388 e. The van der Waals surface area contributed by atoms with Gasteiger partial charge in [-0.25, -0.2) is 0 Å². The van der Waals surface area contributed by atoms with Crippen molar-refractivity contribution in [2.75, 3.05) is 0 Å². The second-order valence-corrected chi connectivity index (χ2v) is 11.0. The molecule has 152 valence electrons. The Morgan fingerprint density at radius 3 is 0.640 bits per heavy atom. The molecule has 25 heavy (non-hydrogen) atoms. The number of hydrogen-bond donors (Lipinski definition) is 0. The van der Waals surface area contributed by atoms with E-state index in [1.807, 2.05) is 0 Å². The molecule has 0 aromatic heterocycles. The molecule has 0 aliphatic heterocycles. The van der Waals surface area contributed by atoms with Gasteiger partial charge in [0.25, 0.3) is 0 Å². The molecular weight excluding hydrogens is 400 g/mol. The lowest BCUT2D eigenvalue weighted by Gasteiger charge is -2.33. The molecule has 0 rings (SSSR count). The fraction of sp³-hybridized carbons (Fsp3) is 1.00. The molecule has 0 saturated carbocycles. The first-order chi connectivity index (χ1) is 10.8. The first-order valence-electron chi connectivity index (χ1n) is 7.10. The molecule has 0 atom stereocenters. The van der Waals surface area contributed by atoms with Crippen LogP contribution >= 0.6 is 0 Å². The summed E-state index contributed by atoms with van der Waals surface area (Å²) in [6, 6.07) is -4.34. The van der Waals surface area contributed by atoms with Gasteiger partial charge in [-0.05, 0) is 24.2 Å². The Morgan fingerprint density at radius 1 is 0.360 bits per heavy atom. The number of hydrogen-bond acceptors (Lipinski definition) is 0. The maximum atomic E-state index is 12.4. The smallest absolute Gasteiger partial charge is 0.171 e. The van der Waals surface area contributed by atoms with Gasteiger partial charge in [0.05, 0.1) is 8.07 Å². The molecule has 0 amide bonds. The molecule has 0 fully saturated rings.